The van der Waals surface area contributed by atoms with Crippen LogP contribution in [0.1, 0.15) is 12.8 Å². The maximum absolute atomic E-state index is 5.38. The van der Waals surface area contributed by atoms with Gasteiger partial charge in [-0.25, -0.2) is 0 Å². The van der Waals surface area contributed by atoms with Crippen molar-refractivity contribution in [2.45, 2.75) is 12.8 Å². The van der Waals surface area contributed by atoms with Crippen molar-refractivity contribution in [2.24, 2.45) is 11.5 Å². The van der Waals surface area contributed by atoms with Crippen molar-refractivity contribution >= 4 is 0 Å². The molecule has 15 heavy (non-hydrogen) atoms. The first-order valence-corrected chi connectivity index (χ1v) is 5.94. The molecule has 5 heteroatoms. The van der Waals surface area contributed by atoms with E-state index < -0.39 is 0 Å². The molecule has 0 saturated heterocycles. The van der Waals surface area contributed by atoms with Crippen LogP contribution in [-0.4, -0.2) is 52.4 Å². The van der Waals surface area contributed by atoms with Gasteiger partial charge in [0.15, 0.2) is 0 Å². The second-order valence-corrected chi connectivity index (χ2v) is 3.53. The third-order valence-corrected chi connectivity index (χ3v) is 2.06. The summed E-state index contributed by atoms with van der Waals surface area (Å²) in [6.07, 6.45) is 2.21. The molecule has 0 aliphatic carbocycles. The van der Waals surface area contributed by atoms with Gasteiger partial charge >= 0.3 is 0 Å². The third kappa shape index (κ3) is 13.8. The Balaban J connectivity index is 2.81. The first-order valence-electron chi connectivity index (χ1n) is 5.94. The van der Waals surface area contributed by atoms with Gasteiger partial charge in [-0.15, -0.1) is 0 Å². The molecule has 0 spiro atoms. The van der Waals surface area contributed by atoms with E-state index >= 15 is 0 Å². The monoisotopic (exact) mass is 217 g/mol. The number of rotatable bonds is 12. The number of hydrogen-bond donors (Lipinski definition) is 5. The molecule has 92 valence electrons. The molecule has 0 heterocycles. The zero-order chi connectivity index (χ0) is 11.2. The van der Waals surface area contributed by atoms with Crippen molar-refractivity contribution < 1.29 is 0 Å². The van der Waals surface area contributed by atoms with Crippen molar-refractivity contribution in [1.82, 2.24) is 16.0 Å². The highest BCUT2D eigenvalue weighted by Gasteiger charge is 1.89. The number of nitrogens with two attached hydrogens (primary N) is 2. The predicted molar refractivity (Wildman–Crippen MR) is 66.0 cm³/mol. The van der Waals surface area contributed by atoms with Crippen molar-refractivity contribution in [3.05, 3.63) is 0 Å². The lowest BCUT2D eigenvalue weighted by Crippen LogP contribution is -2.31. The van der Waals surface area contributed by atoms with Gasteiger partial charge in [0.25, 0.3) is 0 Å². The fourth-order valence-corrected chi connectivity index (χ4v) is 1.22. The summed E-state index contributed by atoms with van der Waals surface area (Å²) in [7, 11) is 0. The zero-order valence-corrected chi connectivity index (χ0v) is 9.73. The van der Waals surface area contributed by atoms with Gasteiger partial charge in [-0.1, -0.05) is 0 Å². The summed E-state index contributed by atoms with van der Waals surface area (Å²) < 4.78 is 0. The Kier molecular flexibility index (Phi) is 13.6. The molecule has 5 nitrogen and oxygen atoms in total. The first-order chi connectivity index (χ1) is 7.41. The van der Waals surface area contributed by atoms with Gasteiger partial charge in [0.1, 0.15) is 0 Å². The summed E-state index contributed by atoms with van der Waals surface area (Å²) >= 11 is 0. The predicted octanol–water partition coefficient (Wildman–Crippen LogP) is -1.55. The Morgan fingerprint density at radius 2 is 1.07 bits per heavy atom. The van der Waals surface area contributed by atoms with Crippen LogP contribution in [0.15, 0.2) is 0 Å². The maximum atomic E-state index is 5.38. The van der Waals surface area contributed by atoms with Crippen LogP contribution in [0.3, 0.4) is 0 Å². The van der Waals surface area contributed by atoms with Gasteiger partial charge in [-0.2, -0.15) is 0 Å². The zero-order valence-electron chi connectivity index (χ0n) is 9.73. The molecule has 0 rings (SSSR count). The molecule has 0 aromatic heterocycles. The van der Waals surface area contributed by atoms with Crippen LogP contribution in [0.5, 0.6) is 0 Å². The van der Waals surface area contributed by atoms with Crippen LogP contribution < -0.4 is 27.4 Å². The molecular formula is C10H27N5. The van der Waals surface area contributed by atoms with Gasteiger partial charge in [0.05, 0.1) is 0 Å². The quantitative estimate of drug-likeness (QED) is 0.256. The minimum absolute atomic E-state index is 0.721. The lowest BCUT2D eigenvalue weighted by molar-refractivity contribution is 0.570. The van der Waals surface area contributed by atoms with E-state index in [1.54, 1.807) is 0 Å². The van der Waals surface area contributed by atoms with Gasteiger partial charge in [0.2, 0.25) is 0 Å². The molecule has 0 atom stereocenters. The largest absolute Gasteiger partial charge is 0.330 e. The average molecular weight is 217 g/mol. The summed E-state index contributed by atoms with van der Waals surface area (Å²) in [5.74, 6) is 0. The van der Waals surface area contributed by atoms with Crippen molar-refractivity contribution in [3.8, 4) is 0 Å². The van der Waals surface area contributed by atoms with E-state index in [0.717, 1.165) is 65.2 Å². The molecule has 0 radical (unpaired) electrons. The Bertz CT molecular complexity index is 98.0. The fourth-order valence-electron chi connectivity index (χ4n) is 1.22. The topological polar surface area (TPSA) is 88.1 Å². The van der Waals surface area contributed by atoms with E-state index in [4.69, 9.17) is 11.5 Å². The molecule has 0 aliphatic rings. The highest BCUT2D eigenvalue weighted by Crippen LogP contribution is 1.73. The van der Waals surface area contributed by atoms with E-state index in [0.29, 0.717) is 0 Å². The molecular weight excluding hydrogens is 190 g/mol. The van der Waals surface area contributed by atoms with Crippen LogP contribution in [-0.2, 0) is 0 Å². The Morgan fingerprint density at radius 3 is 1.60 bits per heavy atom. The Hall–Kier alpha value is -0.200. The van der Waals surface area contributed by atoms with Gasteiger partial charge in [-0.05, 0) is 39.0 Å². The maximum Gasteiger partial charge on any atom is 0.00767 e. The molecule has 0 aliphatic heterocycles. The minimum atomic E-state index is 0.721. The van der Waals surface area contributed by atoms with Crippen LogP contribution >= 0.6 is 0 Å². The summed E-state index contributed by atoms with van der Waals surface area (Å²) in [6, 6.07) is 0. The lowest BCUT2D eigenvalue weighted by Gasteiger charge is -2.06. The summed E-state index contributed by atoms with van der Waals surface area (Å²) in [5.41, 5.74) is 10.7. The molecule has 0 amide bonds. The van der Waals surface area contributed by atoms with Gasteiger partial charge in [0, 0.05) is 26.2 Å². The standard InChI is InChI=1S/C10H27N5/c11-3-1-5-14-9-10-15-7-2-6-13-8-4-12/h13-15H,1-12H2. The molecule has 0 saturated carbocycles. The molecule has 7 N–H and O–H groups in total. The van der Waals surface area contributed by atoms with E-state index in [1.165, 1.54) is 0 Å². The average Bonchev–Trinajstić information content (AvgIpc) is 2.26. The highest BCUT2D eigenvalue weighted by molar-refractivity contribution is 4.54. The van der Waals surface area contributed by atoms with Crippen molar-refractivity contribution in [1.29, 1.82) is 0 Å². The summed E-state index contributed by atoms with van der Waals surface area (Å²) in [6.45, 7) is 7.60. The molecule has 0 fully saturated rings. The van der Waals surface area contributed by atoms with E-state index in [1.807, 2.05) is 0 Å². The minimum Gasteiger partial charge on any atom is -0.330 e. The lowest BCUT2D eigenvalue weighted by atomic mass is 10.4. The highest BCUT2D eigenvalue weighted by atomic mass is 14.9. The van der Waals surface area contributed by atoms with Crippen LogP contribution in [0.4, 0.5) is 0 Å². The summed E-state index contributed by atoms with van der Waals surface area (Å²) in [4.78, 5) is 0. The Morgan fingerprint density at radius 1 is 0.533 bits per heavy atom. The normalized spacial score (nSPS) is 10.8. The van der Waals surface area contributed by atoms with Crippen LogP contribution in [0, 0.1) is 0 Å². The van der Waals surface area contributed by atoms with E-state index in [9.17, 15) is 0 Å². The third-order valence-electron chi connectivity index (χ3n) is 2.06. The van der Waals surface area contributed by atoms with E-state index in [-0.39, 0.29) is 0 Å². The smallest absolute Gasteiger partial charge is 0.00767 e. The molecule has 0 aromatic rings. The van der Waals surface area contributed by atoms with Gasteiger partial charge < -0.3 is 27.4 Å². The fraction of sp³-hybridized carbons (Fsp3) is 1.00. The molecule has 0 bridgehead atoms. The summed E-state index contributed by atoms with van der Waals surface area (Å²) in [5, 5.41) is 9.96. The SMILES string of the molecule is NCCCNCCNCCCNCCN. The second kappa shape index (κ2) is 13.8. The van der Waals surface area contributed by atoms with E-state index in [2.05, 4.69) is 16.0 Å². The first kappa shape index (κ1) is 14.8. The Labute approximate surface area is 93.4 Å². The number of hydrogen-bond acceptors (Lipinski definition) is 5. The van der Waals surface area contributed by atoms with Crippen molar-refractivity contribution in [3.63, 3.8) is 0 Å². The van der Waals surface area contributed by atoms with Gasteiger partial charge in [-0.3, -0.25) is 0 Å². The second-order valence-electron chi connectivity index (χ2n) is 3.53. The van der Waals surface area contributed by atoms with Crippen LogP contribution in [0.2, 0.25) is 0 Å². The van der Waals surface area contributed by atoms with Crippen molar-refractivity contribution in [2.75, 3.05) is 52.4 Å². The number of nitrogens with one attached hydrogen (secondary N) is 3. The van der Waals surface area contributed by atoms with Crippen LogP contribution in [0.25, 0.3) is 0 Å². The molecule has 0 unspecified atom stereocenters. The molecule has 0 aromatic carbocycles.